The van der Waals surface area contributed by atoms with Gasteiger partial charge in [-0.3, -0.25) is 9.78 Å². The predicted octanol–water partition coefficient (Wildman–Crippen LogP) is 1.74. The minimum Gasteiger partial charge on any atom is -0.488 e. The number of aryl methyl sites for hydroxylation is 2. The molecule has 1 aromatic carbocycles. The summed E-state index contributed by atoms with van der Waals surface area (Å²) in [7, 11) is 3.75. The van der Waals surface area contributed by atoms with Gasteiger partial charge in [0.05, 0.1) is 30.2 Å². The Balaban J connectivity index is 1.68. The maximum absolute atomic E-state index is 11.8. The molecule has 0 saturated heterocycles. The Morgan fingerprint density at radius 1 is 1.36 bits per heavy atom. The summed E-state index contributed by atoms with van der Waals surface area (Å²) in [6, 6.07) is 6.12. The van der Waals surface area contributed by atoms with Crippen molar-refractivity contribution < 1.29 is 9.53 Å². The molecule has 1 aromatic heterocycles. The second-order valence-corrected chi connectivity index (χ2v) is 6.75. The van der Waals surface area contributed by atoms with E-state index in [9.17, 15) is 4.79 Å². The Morgan fingerprint density at radius 3 is 2.92 bits per heavy atom. The summed E-state index contributed by atoms with van der Waals surface area (Å²) in [5.74, 6) is 0.893. The van der Waals surface area contributed by atoms with Crippen molar-refractivity contribution in [3.63, 3.8) is 0 Å². The maximum atomic E-state index is 11.8. The Hall–Kier alpha value is -2.47. The quantitative estimate of drug-likeness (QED) is 0.898. The van der Waals surface area contributed by atoms with Crippen LogP contribution in [-0.2, 0) is 11.2 Å². The Bertz CT molecular complexity index is 789. The molecule has 1 N–H and O–H groups in total. The summed E-state index contributed by atoms with van der Waals surface area (Å²) in [6.45, 7) is 4.81. The molecule has 1 aliphatic rings. The monoisotopic (exact) mass is 340 g/mol. The summed E-state index contributed by atoms with van der Waals surface area (Å²) < 4.78 is 5.94. The van der Waals surface area contributed by atoms with Gasteiger partial charge >= 0.3 is 0 Å². The van der Waals surface area contributed by atoms with Crippen molar-refractivity contribution in [3.8, 4) is 17.0 Å². The van der Waals surface area contributed by atoms with E-state index in [0.717, 1.165) is 40.4 Å². The van der Waals surface area contributed by atoms with Crippen molar-refractivity contribution in [1.82, 2.24) is 20.2 Å². The molecule has 132 valence electrons. The fourth-order valence-electron chi connectivity index (χ4n) is 2.96. The fraction of sp³-hybridized carbons (Fsp3) is 0.421. The van der Waals surface area contributed by atoms with E-state index in [2.05, 4.69) is 21.4 Å². The highest BCUT2D eigenvalue weighted by molar-refractivity contribution is 5.78. The Labute approximate surface area is 148 Å². The van der Waals surface area contributed by atoms with E-state index in [1.807, 2.05) is 45.0 Å². The molecule has 0 bridgehead atoms. The van der Waals surface area contributed by atoms with E-state index in [4.69, 9.17) is 4.74 Å². The highest BCUT2D eigenvalue weighted by atomic mass is 16.5. The van der Waals surface area contributed by atoms with Crippen LogP contribution in [0.15, 0.2) is 24.4 Å². The summed E-state index contributed by atoms with van der Waals surface area (Å²) in [6.07, 6.45) is 2.53. The molecule has 1 amide bonds. The van der Waals surface area contributed by atoms with E-state index in [-0.39, 0.29) is 12.0 Å². The normalized spacial score (nSPS) is 15.8. The molecule has 6 heteroatoms. The van der Waals surface area contributed by atoms with Gasteiger partial charge in [0.1, 0.15) is 11.9 Å². The minimum absolute atomic E-state index is 0.0101. The smallest absolute Gasteiger partial charge is 0.234 e. The number of hydrogen-bond acceptors (Lipinski definition) is 5. The minimum atomic E-state index is -0.0268. The van der Waals surface area contributed by atoms with Gasteiger partial charge in [0.2, 0.25) is 5.91 Å². The standard InChI is InChI=1S/C19H24N4O2/c1-12-9-20-13(2)19(22-12)14-5-6-17-15(7-14)8-16(25-17)10-21-18(24)11-23(3)4/h5-7,9,16H,8,10-11H2,1-4H3,(H,21,24)/t16-/m0/s1. The number of carbonyl (C=O) groups is 1. The number of benzene rings is 1. The van der Waals surface area contributed by atoms with Gasteiger partial charge < -0.3 is 15.0 Å². The van der Waals surface area contributed by atoms with Crippen LogP contribution in [0, 0.1) is 13.8 Å². The van der Waals surface area contributed by atoms with E-state index < -0.39 is 0 Å². The average molecular weight is 340 g/mol. The van der Waals surface area contributed by atoms with Crippen molar-refractivity contribution in [2.24, 2.45) is 0 Å². The van der Waals surface area contributed by atoms with Crippen LogP contribution < -0.4 is 10.1 Å². The molecule has 25 heavy (non-hydrogen) atoms. The number of fused-ring (bicyclic) bond motifs is 1. The number of amides is 1. The topological polar surface area (TPSA) is 67.4 Å². The van der Waals surface area contributed by atoms with E-state index in [1.165, 1.54) is 0 Å². The number of likely N-dealkylation sites (N-methyl/N-ethyl adjacent to an activating group) is 1. The van der Waals surface area contributed by atoms with Gasteiger partial charge in [-0.05, 0) is 51.7 Å². The van der Waals surface area contributed by atoms with E-state index in [1.54, 1.807) is 6.20 Å². The third kappa shape index (κ3) is 4.14. The van der Waals surface area contributed by atoms with Gasteiger partial charge in [-0.1, -0.05) is 0 Å². The van der Waals surface area contributed by atoms with Gasteiger partial charge in [0.25, 0.3) is 0 Å². The molecular weight excluding hydrogens is 316 g/mol. The lowest BCUT2D eigenvalue weighted by molar-refractivity contribution is -0.122. The molecule has 0 spiro atoms. The third-order valence-electron chi connectivity index (χ3n) is 4.14. The SMILES string of the molecule is Cc1cnc(C)c(-c2ccc3c(c2)C[C@@H](CNC(=O)CN(C)C)O3)n1. The van der Waals surface area contributed by atoms with Gasteiger partial charge in [-0.2, -0.15) is 0 Å². The molecular formula is C19H24N4O2. The van der Waals surface area contributed by atoms with Crippen LogP contribution in [0.1, 0.15) is 17.0 Å². The lowest BCUT2D eigenvalue weighted by Gasteiger charge is -2.13. The largest absolute Gasteiger partial charge is 0.488 e. The fourth-order valence-corrected chi connectivity index (χ4v) is 2.96. The zero-order chi connectivity index (χ0) is 18.0. The number of carbonyl (C=O) groups excluding carboxylic acids is 1. The first-order valence-electron chi connectivity index (χ1n) is 8.44. The molecule has 0 radical (unpaired) electrons. The van der Waals surface area contributed by atoms with E-state index >= 15 is 0 Å². The third-order valence-corrected chi connectivity index (χ3v) is 4.14. The molecule has 3 rings (SSSR count). The van der Waals surface area contributed by atoms with Gasteiger partial charge in [0.15, 0.2) is 0 Å². The maximum Gasteiger partial charge on any atom is 0.234 e. The summed E-state index contributed by atoms with van der Waals surface area (Å²) >= 11 is 0. The summed E-state index contributed by atoms with van der Waals surface area (Å²) in [5.41, 5.74) is 4.92. The molecule has 2 aromatic rings. The van der Waals surface area contributed by atoms with Gasteiger partial charge in [0, 0.05) is 18.2 Å². The highest BCUT2D eigenvalue weighted by Gasteiger charge is 2.24. The first kappa shape index (κ1) is 17.4. The van der Waals surface area contributed by atoms with Crippen molar-refractivity contribution >= 4 is 5.91 Å². The molecule has 0 saturated carbocycles. The first-order valence-corrected chi connectivity index (χ1v) is 8.44. The van der Waals surface area contributed by atoms with Crippen LogP contribution in [0.3, 0.4) is 0 Å². The van der Waals surface area contributed by atoms with Crippen LogP contribution in [0.25, 0.3) is 11.3 Å². The first-order chi connectivity index (χ1) is 11.9. The highest BCUT2D eigenvalue weighted by Crippen LogP contribution is 2.33. The van der Waals surface area contributed by atoms with Crippen LogP contribution in [0.4, 0.5) is 0 Å². The van der Waals surface area contributed by atoms with Crippen LogP contribution in [0.5, 0.6) is 5.75 Å². The van der Waals surface area contributed by atoms with Crippen molar-refractivity contribution in [2.75, 3.05) is 27.2 Å². The number of rotatable bonds is 5. The average Bonchev–Trinajstić information content (AvgIpc) is 2.96. The number of hydrogen-bond donors (Lipinski definition) is 1. The predicted molar refractivity (Wildman–Crippen MR) is 96.6 cm³/mol. The van der Waals surface area contributed by atoms with Crippen molar-refractivity contribution in [1.29, 1.82) is 0 Å². The second kappa shape index (κ2) is 7.19. The molecule has 0 aliphatic carbocycles. The number of nitrogens with zero attached hydrogens (tertiary/aromatic N) is 3. The van der Waals surface area contributed by atoms with Gasteiger partial charge in [-0.15, -0.1) is 0 Å². The Kier molecular flexibility index (Phi) is 4.99. The number of nitrogens with one attached hydrogen (secondary N) is 1. The lowest BCUT2D eigenvalue weighted by Crippen LogP contribution is -2.39. The molecule has 1 aliphatic heterocycles. The van der Waals surface area contributed by atoms with Crippen LogP contribution in [-0.4, -0.2) is 54.1 Å². The van der Waals surface area contributed by atoms with Gasteiger partial charge in [-0.25, -0.2) is 4.98 Å². The molecule has 2 heterocycles. The van der Waals surface area contributed by atoms with E-state index in [0.29, 0.717) is 13.1 Å². The van der Waals surface area contributed by atoms with Crippen molar-refractivity contribution in [2.45, 2.75) is 26.4 Å². The zero-order valence-corrected chi connectivity index (χ0v) is 15.2. The van der Waals surface area contributed by atoms with Crippen LogP contribution >= 0.6 is 0 Å². The zero-order valence-electron chi connectivity index (χ0n) is 15.2. The molecule has 0 unspecified atom stereocenters. The lowest BCUT2D eigenvalue weighted by atomic mass is 10.0. The second-order valence-electron chi connectivity index (χ2n) is 6.75. The molecule has 0 fully saturated rings. The summed E-state index contributed by atoms with van der Waals surface area (Å²) in [5, 5.41) is 2.93. The Morgan fingerprint density at radius 2 is 2.16 bits per heavy atom. The molecule has 6 nitrogen and oxygen atoms in total. The summed E-state index contributed by atoms with van der Waals surface area (Å²) in [4.78, 5) is 22.6. The van der Waals surface area contributed by atoms with Crippen molar-refractivity contribution in [3.05, 3.63) is 41.3 Å². The number of aromatic nitrogens is 2. The number of ether oxygens (including phenoxy) is 1. The van der Waals surface area contributed by atoms with Crippen LogP contribution in [0.2, 0.25) is 0 Å². The molecule has 1 atom stereocenters.